The normalized spacial score (nSPS) is 10.2. The molecule has 0 aliphatic rings. The first-order chi connectivity index (χ1) is 7.29. The molecule has 0 saturated heterocycles. The zero-order chi connectivity index (χ0) is 11.1. The molecule has 0 amide bonds. The van der Waals surface area contributed by atoms with Crippen molar-refractivity contribution in [2.45, 2.75) is 38.6 Å². The van der Waals surface area contributed by atoms with E-state index in [0.717, 1.165) is 25.3 Å². The summed E-state index contributed by atoms with van der Waals surface area (Å²) >= 11 is 1.82. The van der Waals surface area contributed by atoms with E-state index in [9.17, 15) is 0 Å². The Kier molecular flexibility index (Phi) is 5.27. The largest absolute Gasteiger partial charge is 0.253 e. The van der Waals surface area contributed by atoms with Crippen LogP contribution in [-0.4, -0.2) is 10.8 Å². The van der Waals surface area contributed by atoms with Crippen molar-refractivity contribution in [3.63, 3.8) is 0 Å². The fourth-order valence-electron chi connectivity index (χ4n) is 1.54. The Balaban J connectivity index is 2.44. The van der Waals surface area contributed by atoms with Crippen LogP contribution in [0.1, 0.15) is 25.1 Å². The molecular weight excluding hydrogens is 206 g/mol. The highest BCUT2D eigenvalue weighted by Gasteiger charge is 2.10. The minimum atomic E-state index is 0.672. The van der Waals surface area contributed by atoms with Crippen LogP contribution in [0.5, 0.6) is 0 Å². The Morgan fingerprint density at radius 1 is 1.53 bits per heavy atom. The van der Waals surface area contributed by atoms with E-state index in [4.69, 9.17) is 5.26 Å². The number of thioether (sulfide) groups is 1. The number of nitriles is 1. The molecule has 0 bridgehead atoms. The third kappa shape index (κ3) is 3.60. The van der Waals surface area contributed by atoms with Crippen LogP contribution in [0.25, 0.3) is 0 Å². The molecule has 1 aromatic heterocycles. The topological polar surface area (TPSA) is 32.6 Å². The number of hydrogen-bond acceptors (Lipinski definition) is 2. The Hall–Kier alpha value is -0.950. The molecule has 4 heteroatoms. The first-order valence-electron chi connectivity index (χ1n) is 5.20. The van der Waals surface area contributed by atoms with Gasteiger partial charge in [0.05, 0.1) is 12.6 Å². The average molecular weight is 224 g/mol. The molecule has 3 nitrogen and oxygen atoms in total. The first-order valence-corrected chi connectivity index (χ1v) is 6.60. The molecule has 1 rings (SSSR count). The van der Waals surface area contributed by atoms with Crippen molar-refractivity contribution in [2.24, 2.45) is 0 Å². The zero-order valence-electron chi connectivity index (χ0n) is 9.44. The molecule has 0 aliphatic heterocycles. The molecule has 0 spiro atoms. The second-order valence-corrected chi connectivity index (χ2v) is 4.38. The van der Waals surface area contributed by atoms with E-state index >= 15 is 0 Å². The summed E-state index contributed by atoms with van der Waals surface area (Å²) in [6.45, 7) is 3.16. The number of aryl methyl sites for hydroxylation is 1. The van der Waals surface area contributed by atoms with Gasteiger partial charge in [-0.25, -0.2) is 9.13 Å². The molecular formula is C11H18N3S+. The van der Waals surface area contributed by atoms with Gasteiger partial charge in [0.2, 0.25) is 0 Å². The molecule has 0 aliphatic carbocycles. The van der Waals surface area contributed by atoms with E-state index in [2.05, 4.69) is 40.8 Å². The Bertz CT molecular complexity index is 338. The van der Waals surface area contributed by atoms with Gasteiger partial charge in [-0.2, -0.15) is 5.26 Å². The third-order valence-electron chi connectivity index (χ3n) is 2.46. The fraction of sp³-hybridized carbons (Fsp3) is 0.636. The SMILES string of the molecule is CSC[n+]1ccn(CCCCC#N)c1C. The molecule has 0 N–H and O–H groups in total. The molecule has 0 unspecified atom stereocenters. The maximum atomic E-state index is 8.43. The van der Waals surface area contributed by atoms with Crippen LogP contribution in [0.15, 0.2) is 12.4 Å². The van der Waals surface area contributed by atoms with Crippen LogP contribution in [0.2, 0.25) is 0 Å². The van der Waals surface area contributed by atoms with Crippen molar-refractivity contribution in [1.82, 2.24) is 4.57 Å². The van der Waals surface area contributed by atoms with Crippen molar-refractivity contribution < 1.29 is 4.57 Å². The molecule has 82 valence electrons. The highest BCUT2D eigenvalue weighted by Crippen LogP contribution is 2.02. The summed E-state index contributed by atoms with van der Waals surface area (Å²) < 4.78 is 4.50. The number of hydrogen-bond donors (Lipinski definition) is 0. The van der Waals surface area contributed by atoms with Crippen molar-refractivity contribution in [1.29, 1.82) is 5.26 Å². The van der Waals surface area contributed by atoms with Crippen molar-refractivity contribution >= 4 is 11.8 Å². The van der Waals surface area contributed by atoms with Gasteiger partial charge in [-0.15, -0.1) is 11.8 Å². The molecule has 1 aromatic rings. The average Bonchev–Trinajstić information content (AvgIpc) is 2.57. The summed E-state index contributed by atoms with van der Waals surface area (Å²) in [6, 6.07) is 2.18. The Morgan fingerprint density at radius 3 is 3.00 bits per heavy atom. The molecule has 1 heterocycles. The molecule has 0 fully saturated rings. The van der Waals surface area contributed by atoms with Crippen LogP contribution >= 0.6 is 11.8 Å². The van der Waals surface area contributed by atoms with Crippen LogP contribution in [-0.2, 0) is 12.4 Å². The number of rotatable bonds is 6. The van der Waals surface area contributed by atoms with Crippen LogP contribution in [0.4, 0.5) is 0 Å². The summed E-state index contributed by atoms with van der Waals surface area (Å²) in [7, 11) is 0. The highest BCUT2D eigenvalue weighted by atomic mass is 32.2. The van der Waals surface area contributed by atoms with Gasteiger partial charge in [-0.1, -0.05) is 0 Å². The van der Waals surface area contributed by atoms with Crippen LogP contribution in [0, 0.1) is 18.3 Å². The van der Waals surface area contributed by atoms with E-state index in [1.807, 2.05) is 11.8 Å². The van der Waals surface area contributed by atoms with E-state index < -0.39 is 0 Å². The standard InChI is InChI=1S/C11H18N3S/c1-11-13(7-5-3-4-6-12)8-9-14(11)10-15-2/h8-9H,3-5,7,10H2,1-2H3/q+1. The quantitative estimate of drug-likeness (QED) is 0.547. The summed E-state index contributed by atoms with van der Waals surface area (Å²) in [5.41, 5.74) is 0. The second-order valence-electron chi connectivity index (χ2n) is 3.54. The van der Waals surface area contributed by atoms with E-state index in [1.165, 1.54) is 5.82 Å². The molecule has 0 atom stereocenters. The Morgan fingerprint density at radius 2 is 2.33 bits per heavy atom. The van der Waals surface area contributed by atoms with Gasteiger partial charge < -0.3 is 0 Å². The minimum Gasteiger partial charge on any atom is -0.234 e. The number of imidazole rings is 1. The predicted molar refractivity (Wildman–Crippen MR) is 62.3 cm³/mol. The van der Waals surface area contributed by atoms with Gasteiger partial charge in [0.15, 0.2) is 0 Å². The van der Waals surface area contributed by atoms with Crippen LogP contribution in [0.3, 0.4) is 0 Å². The van der Waals surface area contributed by atoms with Crippen molar-refractivity contribution in [3.8, 4) is 6.07 Å². The second kappa shape index (κ2) is 6.52. The maximum Gasteiger partial charge on any atom is 0.253 e. The summed E-state index contributed by atoms with van der Waals surface area (Å²) in [6.07, 6.45) is 9.11. The van der Waals surface area contributed by atoms with Gasteiger partial charge in [-0.3, -0.25) is 0 Å². The molecule has 15 heavy (non-hydrogen) atoms. The highest BCUT2D eigenvalue weighted by molar-refractivity contribution is 7.97. The van der Waals surface area contributed by atoms with E-state index in [-0.39, 0.29) is 0 Å². The van der Waals surface area contributed by atoms with Crippen molar-refractivity contribution in [3.05, 3.63) is 18.2 Å². The first kappa shape index (κ1) is 12.1. The minimum absolute atomic E-state index is 0.672. The lowest BCUT2D eigenvalue weighted by Crippen LogP contribution is -2.33. The zero-order valence-corrected chi connectivity index (χ0v) is 10.3. The smallest absolute Gasteiger partial charge is 0.234 e. The molecule has 0 saturated carbocycles. The third-order valence-corrected chi connectivity index (χ3v) is 3.00. The lowest BCUT2D eigenvalue weighted by molar-refractivity contribution is -0.681. The lowest BCUT2D eigenvalue weighted by Gasteiger charge is -1.99. The molecule has 0 aromatic carbocycles. The van der Waals surface area contributed by atoms with Gasteiger partial charge in [0, 0.05) is 13.3 Å². The van der Waals surface area contributed by atoms with Gasteiger partial charge in [0.25, 0.3) is 5.82 Å². The Labute approximate surface area is 95.7 Å². The number of unbranched alkanes of at least 4 members (excludes halogenated alkanes) is 2. The van der Waals surface area contributed by atoms with Gasteiger partial charge in [-0.05, 0) is 19.1 Å². The van der Waals surface area contributed by atoms with Crippen LogP contribution < -0.4 is 4.57 Å². The summed E-state index contributed by atoms with van der Waals surface area (Å²) in [5, 5.41) is 8.43. The van der Waals surface area contributed by atoms with E-state index in [1.54, 1.807) is 0 Å². The monoisotopic (exact) mass is 224 g/mol. The summed E-state index contributed by atoms with van der Waals surface area (Å²) in [4.78, 5) is 0. The van der Waals surface area contributed by atoms with Crippen molar-refractivity contribution in [2.75, 3.05) is 6.26 Å². The van der Waals surface area contributed by atoms with Gasteiger partial charge in [0.1, 0.15) is 18.3 Å². The summed E-state index contributed by atoms with van der Waals surface area (Å²) in [5.74, 6) is 2.30. The maximum absolute atomic E-state index is 8.43. The van der Waals surface area contributed by atoms with Gasteiger partial charge >= 0.3 is 0 Å². The number of aromatic nitrogens is 2. The predicted octanol–water partition coefficient (Wildman–Crippen LogP) is 2.10. The lowest BCUT2D eigenvalue weighted by atomic mass is 10.2. The molecule has 0 radical (unpaired) electrons. The fourth-order valence-corrected chi connectivity index (χ4v) is 2.09. The number of nitrogens with zero attached hydrogens (tertiary/aromatic N) is 3. The van der Waals surface area contributed by atoms with E-state index in [0.29, 0.717) is 6.42 Å².